The minimum Gasteiger partial charge on any atom is -0.461 e. The van der Waals surface area contributed by atoms with Gasteiger partial charge in [0, 0.05) is 0 Å². The molecule has 0 heterocycles. The average molecular weight is 233 g/mol. The van der Waals surface area contributed by atoms with Crippen molar-refractivity contribution >= 4 is 17.6 Å². The Morgan fingerprint density at radius 2 is 2.13 bits per heavy atom. The van der Waals surface area contributed by atoms with Crippen LogP contribution in [-0.4, -0.2) is 18.0 Å². The number of carbonyl (C=O) groups is 1. The van der Waals surface area contributed by atoms with E-state index >= 15 is 0 Å². The Morgan fingerprint density at radius 3 is 2.67 bits per heavy atom. The van der Waals surface area contributed by atoms with Gasteiger partial charge in [0.25, 0.3) is 0 Å². The highest BCUT2D eigenvalue weighted by Crippen LogP contribution is 2.35. The minimum atomic E-state index is -0.276. The monoisotopic (exact) mass is 232 g/mol. The summed E-state index contributed by atoms with van der Waals surface area (Å²) in [6.45, 7) is 6.61. The summed E-state index contributed by atoms with van der Waals surface area (Å²) in [6, 6.07) is 0. The van der Waals surface area contributed by atoms with Crippen molar-refractivity contribution in [3.63, 3.8) is 0 Å². The zero-order valence-electron chi connectivity index (χ0n) is 9.83. The highest BCUT2D eigenvalue weighted by Gasteiger charge is 2.33. The molecule has 0 bridgehead atoms. The summed E-state index contributed by atoms with van der Waals surface area (Å²) in [6.07, 6.45) is 3.49. The van der Waals surface area contributed by atoms with Gasteiger partial charge in [-0.15, -0.1) is 11.6 Å². The maximum atomic E-state index is 11.2. The van der Waals surface area contributed by atoms with E-state index < -0.39 is 0 Å². The average Bonchev–Trinajstić information content (AvgIpc) is 2.17. The molecule has 0 aliphatic heterocycles. The Kier molecular flexibility index (Phi) is 4.91. The van der Waals surface area contributed by atoms with Crippen LogP contribution < -0.4 is 0 Å². The number of hydrogen-bond donors (Lipinski definition) is 0. The van der Waals surface area contributed by atoms with Gasteiger partial charge in [0.15, 0.2) is 0 Å². The van der Waals surface area contributed by atoms with Gasteiger partial charge in [-0.1, -0.05) is 27.2 Å². The molecule has 0 aromatic rings. The van der Waals surface area contributed by atoms with Crippen molar-refractivity contribution in [2.45, 2.75) is 46.1 Å². The van der Waals surface area contributed by atoms with Crippen molar-refractivity contribution in [3.05, 3.63) is 0 Å². The van der Waals surface area contributed by atoms with Crippen molar-refractivity contribution in [3.8, 4) is 0 Å². The summed E-state index contributed by atoms with van der Waals surface area (Å²) < 4.78 is 5.41. The lowest BCUT2D eigenvalue weighted by molar-refractivity contribution is -0.152. The molecule has 3 heteroatoms. The normalized spacial score (nSPS) is 31.7. The lowest BCUT2D eigenvalue weighted by Gasteiger charge is -2.36. The molecule has 2 nitrogen and oxygen atoms in total. The van der Waals surface area contributed by atoms with Crippen LogP contribution in [0, 0.1) is 17.8 Å². The molecule has 15 heavy (non-hydrogen) atoms. The van der Waals surface area contributed by atoms with Gasteiger partial charge in [0.2, 0.25) is 0 Å². The Hall–Kier alpha value is -0.240. The van der Waals surface area contributed by atoms with E-state index in [1.165, 1.54) is 12.8 Å². The minimum absolute atomic E-state index is 0.0320. The third-order valence-corrected chi connectivity index (χ3v) is 3.57. The first kappa shape index (κ1) is 12.8. The Bertz CT molecular complexity index is 216. The molecule has 3 atom stereocenters. The van der Waals surface area contributed by atoms with E-state index in [0.717, 1.165) is 6.42 Å². The number of ether oxygens (including phenoxy) is 1. The lowest BCUT2D eigenvalue weighted by Crippen LogP contribution is -2.36. The van der Waals surface area contributed by atoms with E-state index in [4.69, 9.17) is 16.3 Å². The van der Waals surface area contributed by atoms with Crippen LogP contribution in [0.25, 0.3) is 0 Å². The van der Waals surface area contributed by atoms with Crippen molar-refractivity contribution in [1.29, 1.82) is 0 Å². The van der Waals surface area contributed by atoms with Gasteiger partial charge in [0.1, 0.15) is 12.0 Å². The van der Waals surface area contributed by atoms with Crippen LogP contribution in [0.15, 0.2) is 0 Å². The second-order valence-electron chi connectivity index (χ2n) is 4.99. The van der Waals surface area contributed by atoms with E-state index in [1.54, 1.807) is 0 Å². The summed E-state index contributed by atoms with van der Waals surface area (Å²) in [7, 11) is 0. The molecule has 0 radical (unpaired) electrons. The van der Waals surface area contributed by atoms with Crippen molar-refractivity contribution in [2.24, 2.45) is 17.8 Å². The molecule has 0 N–H and O–H groups in total. The fourth-order valence-corrected chi connectivity index (χ4v) is 2.51. The quantitative estimate of drug-likeness (QED) is 0.552. The molecule has 0 amide bonds. The van der Waals surface area contributed by atoms with Gasteiger partial charge in [-0.05, 0) is 30.6 Å². The third kappa shape index (κ3) is 3.67. The lowest BCUT2D eigenvalue weighted by atomic mass is 9.75. The van der Waals surface area contributed by atoms with Gasteiger partial charge in [-0.3, -0.25) is 4.79 Å². The molecule has 1 fully saturated rings. The smallest absolute Gasteiger partial charge is 0.321 e. The van der Waals surface area contributed by atoms with Crippen LogP contribution in [0.4, 0.5) is 0 Å². The number of alkyl halides is 1. The van der Waals surface area contributed by atoms with Gasteiger partial charge >= 0.3 is 5.97 Å². The van der Waals surface area contributed by atoms with Crippen LogP contribution in [0.1, 0.15) is 40.0 Å². The molecule has 1 aliphatic rings. The Labute approximate surface area is 97.3 Å². The maximum absolute atomic E-state index is 11.2. The van der Waals surface area contributed by atoms with Crippen LogP contribution in [0.3, 0.4) is 0 Å². The van der Waals surface area contributed by atoms with Gasteiger partial charge in [-0.2, -0.15) is 0 Å². The fourth-order valence-electron chi connectivity index (χ4n) is 2.45. The van der Waals surface area contributed by atoms with Gasteiger partial charge in [0.05, 0.1) is 0 Å². The topological polar surface area (TPSA) is 26.3 Å². The second kappa shape index (κ2) is 5.74. The predicted octanol–water partition coefficient (Wildman–Crippen LogP) is 3.23. The zero-order chi connectivity index (χ0) is 11.4. The summed E-state index contributed by atoms with van der Waals surface area (Å²) in [5.74, 6) is 1.43. The first-order valence-electron chi connectivity index (χ1n) is 5.80. The van der Waals surface area contributed by atoms with E-state index in [0.29, 0.717) is 17.8 Å². The summed E-state index contributed by atoms with van der Waals surface area (Å²) in [4.78, 5) is 11.2. The van der Waals surface area contributed by atoms with Crippen molar-refractivity contribution in [2.75, 3.05) is 5.88 Å². The van der Waals surface area contributed by atoms with Crippen molar-refractivity contribution < 1.29 is 9.53 Å². The molecular weight excluding hydrogens is 212 g/mol. The maximum Gasteiger partial charge on any atom is 0.321 e. The molecule has 1 rings (SSSR count). The fraction of sp³-hybridized carbons (Fsp3) is 0.917. The molecule has 1 saturated carbocycles. The summed E-state index contributed by atoms with van der Waals surface area (Å²) >= 11 is 5.46. The van der Waals surface area contributed by atoms with Crippen LogP contribution in [-0.2, 0) is 9.53 Å². The van der Waals surface area contributed by atoms with Crippen LogP contribution in [0.2, 0.25) is 0 Å². The third-order valence-electron chi connectivity index (χ3n) is 3.35. The van der Waals surface area contributed by atoms with E-state index in [1.807, 2.05) is 0 Å². The standard InChI is InChI=1S/C12H21ClO2/c1-8(2)10-5-4-9(3)6-11(10)15-12(14)7-13/h8-11H,4-7H2,1-3H3. The number of carbonyl (C=O) groups excluding carboxylic acids is 1. The first-order chi connectivity index (χ1) is 7.04. The number of rotatable bonds is 3. The molecule has 1 aliphatic carbocycles. The molecule has 88 valence electrons. The molecule has 0 aromatic carbocycles. The second-order valence-corrected chi connectivity index (χ2v) is 5.26. The van der Waals surface area contributed by atoms with Crippen LogP contribution in [0.5, 0.6) is 0 Å². The molecule has 0 spiro atoms. The molecule has 0 aromatic heterocycles. The highest BCUT2D eigenvalue weighted by molar-refractivity contribution is 6.26. The van der Waals surface area contributed by atoms with E-state index in [2.05, 4.69) is 20.8 Å². The van der Waals surface area contributed by atoms with E-state index in [-0.39, 0.29) is 18.0 Å². The van der Waals surface area contributed by atoms with Crippen molar-refractivity contribution in [1.82, 2.24) is 0 Å². The van der Waals surface area contributed by atoms with E-state index in [9.17, 15) is 4.79 Å². The summed E-state index contributed by atoms with van der Waals surface area (Å²) in [5, 5.41) is 0. The van der Waals surface area contributed by atoms with Gasteiger partial charge in [-0.25, -0.2) is 0 Å². The SMILES string of the molecule is CC1CCC(C(C)C)C(OC(=O)CCl)C1. The first-order valence-corrected chi connectivity index (χ1v) is 6.33. The predicted molar refractivity (Wildman–Crippen MR) is 61.9 cm³/mol. The molecule has 3 unspecified atom stereocenters. The number of esters is 1. The Balaban J connectivity index is 2.57. The summed E-state index contributed by atoms with van der Waals surface area (Å²) in [5.41, 5.74) is 0. The number of hydrogen-bond acceptors (Lipinski definition) is 2. The zero-order valence-corrected chi connectivity index (χ0v) is 10.6. The Morgan fingerprint density at radius 1 is 1.47 bits per heavy atom. The molecule has 0 saturated heterocycles. The molecular formula is C12H21ClO2. The highest BCUT2D eigenvalue weighted by atomic mass is 35.5. The number of halogens is 1. The largest absolute Gasteiger partial charge is 0.461 e. The van der Waals surface area contributed by atoms with Gasteiger partial charge < -0.3 is 4.74 Å². The van der Waals surface area contributed by atoms with Crippen LogP contribution >= 0.6 is 11.6 Å².